The van der Waals surface area contributed by atoms with Gasteiger partial charge in [0.05, 0.1) is 11.9 Å². The van der Waals surface area contributed by atoms with Gasteiger partial charge in [-0.3, -0.25) is 4.55 Å². The lowest BCUT2D eigenvalue weighted by molar-refractivity contribution is -0.0500. The highest BCUT2D eigenvalue weighted by atomic mass is 32.2. The van der Waals surface area contributed by atoms with Crippen LogP contribution in [0.25, 0.3) is 22.6 Å². The van der Waals surface area contributed by atoms with Gasteiger partial charge in [-0.05, 0) is 53.8 Å². The Morgan fingerprint density at radius 1 is 0.842 bits per heavy atom. The van der Waals surface area contributed by atoms with Crippen molar-refractivity contribution in [1.29, 1.82) is 0 Å². The number of halogens is 3. The first-order valence-electron chi connectivity index (χ1n) is 10.8. The minimum atomic E-state index is -5.71. The minimum Gasteiger partial charge on any atom is -0.444 e. The van der Waals surface area contributed by atoms with E-state index in [9.17, 15) is 30.0 Å². The van der Waals surface area contributed by atoms with Crippen molar-refractivity contribution in [2.75, 3.05) is 6.26 Å². The summed E-state index contributed by atoms with van der Waals surface area (Å²) in [5, 5.41) is 0. The average Bonchev–Trinajstić information content (AvgIpc) is 3.31. The summed E-state index contributed by atoms with van der Waals surface area (Å²) >= 11 is 0. The van der Waals surface area contributed by atoms with Crippen molar-refractivity contribution in [2.24, 2.45) is 0 Å². The molecule has 0 fully saturated rings. The highest BCUT2D eigenvalue weighted by Gasteiger charge is 2.48. The molecule has 0 amide bonds. The average molecular weight is 570 g/mol. The van der Waals surface area contributed by atoms with E-state index in [2.05, 4.69) is 9.17 Å². The summed E-state index contributed by atoms with van der Waals surface area (Å²) in [6.45, 7) is 0. The first-order valence-corrected chi connectivity index (χ1v) is 14.1. The lowest BCUT2D eigenvalue weighted by Crippen LogP contribution is -2.28. The van der Waals surface area contributed by atoms with Gasteiger partial charge in [-0.1, -0.05) is 54.6 Å². The van der Waals surface area contributed by atoms with Crippen molar-refractivity contribution in [3.63, 3.8) is 0 Å². The fourth-order valence-electron chi connectivity index (χ4n) is 3.19. The van der Waals surface area contributed by atoms with E-state index in [0.29, 0.717) is 36.2 Å². The fourth-order valence-corrected chi connectivity index (χ4v) is 3.64. The molecule has 1 N–H and O–H groups in total. The van der Waals surface area contributed by atoms with Gasteiger partial charge in [-0.25, -0.2) is 4.98 Å². The smallest absolute Gasteiger partial charge is 0.444 e. The molecule has 202 valence electrons. The molecule has 0 aliphatic rings. The van der Waals surface area contributed by atoms with E-state index in [4.69, 9.17) is 8.97 Å². The Morgan fingerprint density at radius 3 is 2.03 bits per heavy atom. The minimum absolute atomic E-state index is 0.399. The van der Waals surface area contributed by atoms with E-state index in [0.717, 1.165) is 22.8 Å². The largest absolute Gasteiger partial charge is 0.534 e. The second-order valence-electron chi connectivity index (χ2n) is 7.95. The van der Waals surface area contributed by atoms with Crippen molar-refractivity contribution < 1.29 is 43.2 Å². The molecule has 0 saturated carbocycles. The van der Waals surface area contributed by atoms with Gasteiger partial charge in [0.1, 0.15) is 12.0 Å². The Labute approximate surface area is 217 Å². The zero-order chi connectivity index (χ0) is 28.0. The number of rotatable bonds is 7. The van der Waals surface area contributed by atoms with Crippen LogP contribution in [0.15, 0.2) is 89.5 Å². The Bertz CT molecular complexity index is 1560. The van der Waals surface area contributed by atoms with Gasteiger partial charge < -0.3 is 8.60 Å². The SMILES string of the molecule is CS(=O)(=O)O.O=S(=O)(Oc1cccc(CCc2coc(-c3ccc(-c4ccccc4)cc3)n2)c1)C(F)(F)F. The molecule has 3 aromatic carbocycles. The van der Waals surface area contributed by atoms with Crippen LogP contribution in [-0.4, -0.2) is 38.1 Å². The highest BCUT2D eigenvalue weighted by Crippen LogP contribution is 2.28. The van der Waals surface area contributed by atoms with Crippen molar-refractivity contribution in [3.8, 4) is 28.3 Å². The number of nitrogens with zero attached hydrogens (tertiary/aromatic N) is 1. The van der Waals surface area contributed by atoms with Crippen LogP contribution in [0, 0.1) is 0 Å². The predicted molar refractivity (Wildman–Crippen MR) is 134 cm³/mol. The summed E-state index contributed by atoms with van der Waals surface area (Å²) < 4.78 is 95.5. The zero-order valence-corrected chi connectivity index (χ0v) is 21.4. The fraction of sp³-hybridized carbons (Fsp3) is 0.160. The van der Waals surface area contributed by atoms with Crippen LogP contribution >= 0.6 is 0 Å². The number of oxazole rings is 1. The van der Waals surface area contributed by atoms with Crippen molar-refractivity contribution in [1.82, 2.24) is 4.98 Å². The number of aryl methyl sites for hydroxylation is 2. The van der Waals surface area contributed by atoms with Crippen LogP contribution in [-0.2, 0) is 33.1 Å². The van der Waals surface area contributed by atoms with E-state index in [-0.39, 0.29) is 0 Å². The Kier molecular flexibility index (Phi) is 8.97. The Hall–Kier alpha value is -3.68. The van der Waals surface area contributed by atoms with Crippen LogP contribution in [0.1, 0.15) is 11.3 Å². The van der Waals surface area contributed by atoms with Crippen LogP contribution in [0.3, 0.4) is 0 Å². The molecule has 4 rings (SSSR count). The second kappa shape index (κ2) is 11.8. The molecule has 0 aliphatic carbocycles. The third-order valence-corrected chi connectivity index (χ3v) is 5.83. The molecule has 0 atom stereocenters. The summed E-state index contributed by atoms with van der Waals surface area (Å²) in [6, 6.07) is 23.3. The van der Waals surface area contributed by atoms with Crippen LogP contribution < -0.4 is 4.18 Å². The lowest BCUT2D eigenvalue weighted by atomic mass is 10.0. The first-order chi connectivity index (χ1) is 17.7. The summed E-state index contributed by atoms with van der Waals surface area (Å²) in [5.41, 5.74) is -1.24. The molecule has 1 aromatic heterocycles. The molecular formula is C25H22F3NO7S2. The van der Waals surface area contributed by atoms with Gasteiger partial charge in [0.15, 0.2) is 0 Å². The number of aromatic nitrogens is 1. The number of hydrogen-bond acceptors (Lipinski definition) is 7. The van der Waals surface area contributed by atoms with E-state index in [1.165, 1.54) is 18.4 Å². The molecule has 38 heavy (non-hydrogen) atoms. The molecule has 13 heteroatoms. The first kappa shape index (κ1) is 28.9. The van der Waals surface area contributed by atoms with Crippen LogP contribution in [0.4, 0.5) is 13.2 Å². The van der Waals surface area contributed by atoms with Gasteiger partial charge in [0.2, 0.25) is 5.89 Å². The van der Waals surface area contributed by atoms with Gasteiger partial charge in [0, 0.05) is 5.56 Å². The number of alkyl halides is 3. The molecule has 8 nitrogen and oxygen atoms in total. The van der Waals surface area contributed by atoms with Crippen molar-refractivity contribution in [3.05, 3.63) is 96.4 Å². The standard InChI is InChI=1S/C24H18F3NO4S.CH4O3S/c25-24(26,27)33(29,30)32-22-8-4-5-17(15-22)9-14-21-16-31-23(28-21)20-12-10-19(11-13-20)18-6-2-1-3-7-18;1-5(2,3)4/h1-8,10-13,15-16H,9,14H2;1H3,(H,2,3,4). The maximum absolute atomic E-state index is 12.5. The molecule has 4 aromatic rings. The molecule has 1 heterocycles. The van der Waals surface area contributed by atoms with Gasteiger partial charge >= 0.3 is 15.6 Å². The highest BCUT2D eigenvalue weighted by molar-refractivity contribution is 7.88. The van der Waals surface area contributed by atoms with Gasteiger partial charge in [-0.15, -0.1) is 0 Å². The lowest BCUT2D eigenvalue weighted by Gasteiger charge is -2.10. The predicted octanol–water partition coefficient (Wildman–Crippen LogP) is 5.53. The normalized spacial score (nSPS) is 11.9. The van der Waals surface area contributed by atoms with Crippen LogP contribution in [0.5, 0.6) is 5.75 Å². The zero-order valence-electron chi connectivity index (χ0n) is 19.8. The monoisotopic (exact) mass is 569 g/mol. The maximum Gasteiger partial charge on any atom is 0.534 e. The van der Waals surface area contributed by atoms with Gasteiger partial charge in [-0.2, -0.15) is 30.0 Å². The second-order valence-corrected chi connectivity index (χ2v) is 11.0. The van der Waals surface area contributed by atoms with Crippen LogP contribution in [0.2, 0.25) is 0 Å². The molecular weight excluding hydrogens is 547 g/mol. The molecule has 0 saturated heterocycles. The molecule has 0 radical (unpaired) electrons. The third-order valence-electron chi connectivity index (χ3n) is 4.85. The van der Waals surface area contributed by atoms with E-state index in [1.54, 1.807) is 6.07 Å². The number of benzene rings is 3. The summed E-state index contributed by atoms with van der Waals surface area (Å²) in [5.74, 6) is 0.0575. The molecule has 0 bridgehead atoms. The molecule has 0 spiro atoms. The van der Waals surface area contributed by atoms with E-state index >= 15 is 0 Å². The van der Waals surface area contributed by atoms with Crippen molar-refractivity contribution in [2.45, 2.75) is 18.3 Å². The topological polar surface area (TPSA) is 124 Å². The molecule has 0 aliphatic heterocycles. The van der Waals surface area contributed by atoms with E-state index in [1.807, 2.05) is 54.6 Å². The summed E-state index contributed by atoms with van der Waals surface area (Å²) in [6.07, 6.45) is 3.09. The Morgan fingerprint density at radius 2 is 1.42 bits per heavy atom. The number of hydrogen-bond donors (Lipinski definition) is 1. The Balaban J connectivity index is 0.000000732. The maximum atomic E-state index is 12.5. The summed E-state index contributed by atoms with van der Waals surface area (Å²) in [4.78, 5) is 4.47. The van der Waals surface area contributed by atoms with E-state index < -0.39 is 31.5 Å². The van der Waals surface area contributed by atoms with Crippen molar-refractivity contribution >= 4 is 20.2 Å². The molecule has 0 unspecified atom stereocenters. The third kappa shape index (κ3) is 8.71. The quantitative estimate of drug-likeness (QED) is 0.175. The summed E-state index contributed by atoms with van der Waals surface area (Å²) in [7, 11) is -9.38. The van der Waals surface area contributed by atoms with Gasteiger partial charge in [0.25, 0.3) is 10.1 Å².